The molecule has 4 aromatic carbocycles. The van der Waals surface area contributed by atoms with Crippen LogP contribution in [0.4, 0.5) is 15.8 Å². The molecular formula is C30H25FN2O2S. The van der Waals surface area contributed by atoms with E-state index in [4.69, 9.17) is 0 Å². The van der Waals surface area contributed by atoms with Gasteiger partial charge < -0.3 is 5.32 Å². The molecule has 1 saturated heterocycles. The molecule has 1 heterocycles. The van der Waals surface area contributed by atoms with Crippen LogP contribution in [0.2, 0.25) is 0 Å². The van der Waals surface area contributed by atoms with E-state index in [-0.39, 0.29) is 23.0 Å². The summed E-state index contributed by atoms with van der Waals surface area (Å²) in [5, 5.41) is 2.76. The van der Waals surface area contributed by atoms with Gasteiger partial charge in [0.15, 0.2) is 0 Å². The van der Waals surface area contributed by atoms with Crippen LogP contribution >= 0.6 is 11.8 Å². The van der Waals surface area contributed by atoms with Gasteiger partial charge in [-0.3, -0.25) is 14.5 Å². The molecule has 2 amide bonds. The predicted octanol–water partition coefficient (Wildman–Crippen LogP) is 6.68. The van der Waals surface area contributed by atoms with Gasteiger partial charge in [0.2, 0.25) is 11.8 Å². The van der Waals surface area contributed by atoms with Crippen LogP contribution < -0.4 is 10.2 Å². The van der Waals surface area contributed by atoms with E-state index < -0.39 is 5.92 Å². The van der Waals surface area contributed by atoms with Crippen molar-refractivity contribution in [2.75, 3.05) is 16.0 Å². The molecule has 5 rings (SSSR count). The Hall–Kier alpha value is -3.90. The van der Waals surface area contributed by atoms with Crippen molar-refractivity contribution < 1.29 is 14.0 Å². The Morgan fingerprint density at radius 3 is 2.22 bits per heavy atom. The van der Waals surface area contributed by atoms with Crippen LogP contribution in [0.15, 0.2) is 103 Å². The van der Waals surface area contributed by atoms with Gasteiger partial charge in [-0.05, 0) is 53.4 Å². The molecule has 4 nitrogen and oxygen atoms in total. The fourth-order valence-electron chi connectivity index (χ4n) is 4.45. The number of rotatable bonds is 6. The minimum Gasteiger partial charge on any atom is -0.325 e. The van der Waals surface area contributed by atoms with Gasteiger partial charge in [0, 0.05) is 11.4 Å². The zero-order chi connectivity index (χ0) is 25.1. The van der Waals surface area contributed by atoms with Crippen molar-refractivity contribution >= 4 is 35.0 Å². The predicted molar refractivity (Wildman–Crippen MR) is 144 cm³/mol. The molecule has 0 spiro atoms. The summed E-state index contributed by atoms with van der Waals surface area (Å²) >= 11 is 1.49. The topological polar surface area (TPSA) is 49.4 Å². The zero-order valence-electron chi connectivity index (χ0n) is 19.7. The van der Waals surface area contributed by atoms with Gasteiger partial charge in [-0.25, -0.2) is 4.39 Å². The second-order valence-electron chi connectivity index (χ2n) is 8.73. The molecule has 1 unspecified atom stereocenters. The molecule has 0 bridgehead atoms. The van der Waals surface area contributed by atoms with E-state index in [0.717, 1.165) is 16.7 Å². The van der Waals surface area contributed by atoms with Crippen molar-refractivity contribution in [2.24, 2.45) is 0 Å². The second kappa shape index (κ2) is 10.4. The zero-order valence-corrected chi connectivity index (χ0v) is 20.5. The van der Waals surface area contributed by atoms with E-state index in [2.05, 4.69) is 5.32 Å². The maximum Gasteiger partial charge on any atom is 0.238 e. The monoisotopic (exact) mass is 496 g/mol. The average Bonchev–Trinajstić information content (AvgIpc) is 3.28. The fourth-order valence-corrected chi connectivity index (χ4v) is 5.62. The molecule has 1 N–H and O–H groups in total. The van der Waals surface area contributed by atoms with Crippen molar-refractivity contribution in [1.29, 1.82) is 0 Å². The summed E-state index contributed by atoms with van der Waals surface area (Å²) in [6.45, 7) is 1.70. The number of hydrogen-bond donors (Lipinski definition) is 1. The number of halogens is 1. The van der Waals surface area contributed by atoms with Gasteiger partial charge in [-0.2, -0.15) is 0 Å². The van der Waals surface area contributed by atoms with E-state index >= 15 is 0 Å². The van der Waals surface area contributed by atoms with Crippen LogP contribution in [-0.2, 0) is 9.59 Å². The number of benzene rings is 4. The van der Waals surface area contributed by atoms with E-state index in [9.17, 15) is 14.0 Å². The summed E-state index contributed by atoms with van der Waals surface area (Å²) in [5.74, 6) is -0.718. The molecule has 36 heavy (non-hydrogen) atoms. The molecule has 0 radical (unpaired) electrons. The normalized spacial score (nSPS) is 15.4. The Morgan fingerprint density at radius 1 is 0.917 bits per heavy atom. The van der Waals surface area contributed by atoms with E-state index in [1.807, 2.05) is 84.9 Å². The lowest BCUT2D eigenvalue weighted by molar-refractivity contribution is -0.117. The third-order valence-corrected chi connectivity index (χ3v) is 7.48. The van der Waals surface area contributed by atoms with Crippen molar-refractivity contribution in [3.8, 4) is 0 Å². The first-order valence-electron chi connectivity index (χ1n) is 11.7. The highest BCUT2D eigenvalue weighted by Crippen LogP contribution is 2.42. The van der Waals surface area contributed by atoms with Gasteiger partial charge in [-0.15, -0.1) is 11.8 Å². The van der Waals surface area contributed by atoms with E-state index in [1.54, 1.807) is 24.0 Å². The SMILES string of the molecule is Cc1ccc(N2C(=O)CSC2c2cccc(NC(=O)C(c3ccccc3)c3ccccc3)c2)cc1F. The number of anilines is 2. The van der Waals surface area contributed by atoms with Crippen LogP contribution in [-0.4, -0.2) is 17.6 Å². The number of carbonyl (C=O) groups excluding carboxylic acids is 2. The van der Waals surface area contributed by atoms with Crippen molar-refractivity contribution in [3.63, 3.8) is 0 Å². The first-order valence-corrected chi connectivity index (χ1v) is 12.8. The van der Waals surface area contributed by atoms with Crippen LogP contribution in [0.5, 0.6) is 0 Å². The summed E-state index contributed by atoms with van der Waals surface area (Å²) in [4.78, 5) is 27.9. The molecule has 1 aliphatic heterocycles. The molecule has 0 aliphatic carbocycles. The Balaban J connectivity index is 1.43. The maximum absolute atomic E-state index is 14.3. The molecular weight excluding hydrogens is 471 g/mol. The summed E-state index contributed by atoms with van der Waals surface area (Å²) in [6, 6.07) is 31.7. The Bertz CT molecular complexity index is 1360. The smallest absolute Gasteiger partial charge is 0.238 e. The minimum absolute atomic E-state index is 0.0732. The number of amides is 2. The summed E-state index contributed by atoms with van der Waals surface area (Å²) < 4.78 is 14.3. The van der Waals surface area contributed by atoms with Crippen LogP contribution in [0.1, 0.15) is 33.5 Å². The molecule has 1 fully saturated rings. The van der Waals surface area contributed by atoms with Gasteiger partial charge in [0.1, 0.15) is 11.2 Å². The Kier molecular flexibility index (Phi) is 6.87. The second-order valence-corrected chi connectivity index (χ2v) is 9.80. The van der Waals surface area contributed by atoms with Crippen molar-refractivity contribution in [2.45, 2.75) is 18.2 Å². The maximum atomic E-state index is 14.3. The quantitative estimate of drug-likeness (QED) is 0.324. The molecule has 4 aromatic rings. The molecule has 1 aliphatic rings. The molecule has 0 aromatic heterocycles. The van der Waals surface area contributed by atoms with Crippen LogP contribution in [0.25, 0.3) is 0 Å². The highest BCUT2D eigenvalue weighted by Gasteiger charge is 2.34. The number of hydrogen-bond acceptors (Lipinski definition) is 3. The first-order chi connectivity index (χ1) is 17.5. The molecule has 180 valence electrons. The van der Waals surface area contributed by atoms with Gasteiger partial charge in [0.05, 0.1) is 11.7 Å². The highest BCUT2D eigenvalue weighted by atomic mass is 32.2. The van der Waals surface area contributed by atoms with Crippen LogP contribution in [0.3, 0.4) is 0 Å². The van der Waals surface area contributed by atoms with Gasteiger partial charge in [0.25, 0.3) is 0 Å². The van der Waals surface area contributed by atoms with Crippen molar-refractivity contribution in [3.05, 3.63) is 131 Å². The third kappa shape index (κ3) is 4.90. The van der Waals surface area contributed by atoms with E-state index in [0.29, 0.717) is 22.7 Å². The lowest BCUT2D eigenvalue weighted by atomic mass is 9.90. The summed E-state index contributed by atoms with van der Waals surface area (Å²) in [6.07, 6.45) is 0. The standard InChI is InChI=1S/C30H25FN2O2S/c1-20-15-16-25(18-26(20)31)33-27(34)19-36-30(33)23-13-8-14-24(17-23)32-29(35)28(21-9-4-2-5-10-21)22-11-6-3-7-12-22/h2-18,28,30H,19H2,1H3,(H,32,35). The number of nitrogens with zero attached hydrogens (tertiary/aromatic N) is 1. The lowest BCUT2D eigenvalue weighted by Gasteiger charge is -2.25. The molecule has 6 heteroatoms. The Labute approximate surface area is 214 Å². The summed E-state index contributed by atoms with van der Waals surface area (Å²) in [5.41, 5.74) is 4.38. The number of nitrogens with one attached hydrogen (secondary N) is 1. The number of carbonyl (C=O) groups is 2. The minimum atomic E-state index is -0.467. The lowest BCUT2D eigenvalue weighted by Crippen LogP contribution is -2.28. The van der Waals surface area contributed by atoms with Gasteiger partial charge >= 0.3 is 0 Å². The largest absolute Gasteiger partial charge is 0.325 e. The average molecular weight is 497 g/mol. The Morgan fingerprint density at radius 2 is 1.58 bits per heavy atom. The molecule has 1 atom stereocenters. The van der Waals surface area contributed by atoms with Crippen molar-refractivity contribution in [1.82, 2.24) is 0 Å². The summed E-state index contributed by atoms with van der Waals surface area (Å²) in [7, 11) is 0. The number of thioether (sulfide) groups is 1. The van der Waals surface area contributed by atoms with Crippen LogP contribution in [0, 0.1) is 12.7 Å². The van der Waals surface area contributed by atoms with Gasteiger partial charge in [-0.1, -0.05) is 78.9 Å². The molecule has 0 saturated carbocycles. The van der Waals surface area contributed by atoms with E-state index in [1.165, 1.54) is 17.8 Å². The number of aryl methyl sites for hydroxylation is 1. The highest BCUT2D eigenvalue weighted by molar-refractivity contribution is 8.00. The third-order valence-electron chi connectivity index (χ3n) is 6.27. The first kappa shape index (κ1) is 23.8. The fraction of sp³-hybridized carbons (Fsp3) is 0.133.